The van der Waals surface area contributed by atoms with Crippen LogP contribution < -0.4 is 11.2 Å². The van der Waals surface area contributed by atoms with Crippen molar-refractivity contribution in [2.24, 2.45) is 10.8 Å². The van der Waals surface area contributed by atoms with Crippen molar-refractivity contribution in [3.63, 3.8) is 0 Å². The fraction of sp³-hybridized carbons (Fsp3) is 0.375. The lowest BCUT2D eigenvalue weighted by molar-refractivity contribution is 0.604. The normalized spacial score (nSPS) is 13.7. The monoisotopic (exact) mass is 360 g/mol. The van der Waals surface area contributed by atoms with Gasteiger partial charge in [-0.25, -0.2) is 15.0 Å². The number of rotatable bonds is 4. The van der Waals surface area contributed by atoms with Gasteiger partial charge in [0, 0.05) is 16.3 Å². The van der Waals surface area contributed by atoms with Crippen LogP contribution in [0.25, 0.3) is 10.2 Å². The molecule has 24 heavy (non-hydrogen) atoms. The minimum absolute atomic E-state index is 0.0696. The van der Waals surface area contributed by atoms with Crippen LogP contribution in [0.1, 0.15) is 49.3 Å². The van der Waals surface area contributed by atoms with Gasteiger partial charge in [-0.2, -0.15) is 5.10 Å². The molecule has 3 rings (SSSR count). The molecule has 0 fully saturated rings. The molecule has 3 aromatic heterocycles. The second kappa shape index (κ2) is 6.54. The lowest BCUT2D eigenvalue weighted by Gasteiger charge is -2.14. The van der Waals surface area contributed by atoms with Gasteiger partial charge in [0.2, 0.25) is 0 Å². The minimum Gasteiger partial charge on any atom is -0.323 e. The first-order chi connectivity index (χ1) is 11.3. The standard InChI is InChI=1S/C16H20N6S2/c1-9(17)11-7-23-13(21-11)6-20-22-15-14-10(18-8-19-15)5-12(24-14)16(2,3)4/h5-9H,17H2,1-4H3,(H,18,19,22). The number of fused-ring (bicyclic) bond motifs is 1. The first-order valence-corrected chi connectivity index (χ1v) is 9.29. The van der Waals surface area contributed by atoms with E-state index in [1.54, 1.807) is 23.9 Å². The maximum atomic E-state index is 5.81. The Bertz CT molecular complexity index is 872. The third-order valence-electron chi connectivity index (χ3n) is 3.40. The van der Waals surface area contributed by atoms with E-state index in [1.165, 1.54) is 16.2 Å². The van der Waals surface area contributed by atoms with E-state index in [0.717, 1.165) is 20.9 Å². The van der Waals surface area contributed by atoms with Crippen LogP contribution in [-0.4, -0.2) is 21.2 Å². The van der Waals surface area contributed by atoms with Crippen LogP contribution in [0.3, 0.4) is 0 Å². The highest BCUT2D eigenvalue weighted by Gasteiger charge is 2.18. The van der Waals surface area contributed by atoms with Crippen molar-refractivity contribution in [1.82, 2.24) is 15.0 Å². The van der Waals surface area contributed by atoms with Crippen LogP contribution in [-0.2, 0) is 5.41 Å². The molecule has 0 bridgehead atoms. The van der Waals surface area contributed by atoms with Gasteiger partial charge in [-0.3, -0.25) is 5.43 Å². The third-order valence-corrected chi connectivity index (χ3v) is 5.76. The largest absolute Gasteiger partial charge is 0.323 e. The second-order valence-electron chi connectivity index (χ2n) is 6.57. The Kier molecular flexibility index (Phi) is 4.62. The summed E-state index contributed by atoms with van der Waals surface area (Å²) in [7, 11) is 0. The van der Waals surface area contributed by atoms with E-state index >= 15 is 0 Å². The van der Waals surface area contributed by atoms with Crippen molar-refractivity contribution in [2.45, 2.75) is 39.2 Å². The zero-order valence-electron chi connectivity index (χ0n) is 14.1. The molecular formula is C16H20N6S2. The molecule has 0 aliphatic rings. The molecule has 0 aliphatic carbocycles. The van der Waals surface area contributed by atoms with Gasteiger partial charge in [0.05, 0.1) is 22.1 Å². The van der Waals surface area contributed by atoms with Gasteiger partial charge in [-0.1, -0.05) is 20.8 Å². The summed E-state index contributed by atoms with van der Waals surface area (Å²) >= 11 is 3.21. The van der Waals surface area contributed by atoms with Gasteiger partial charge in [0.15, 0.2) is 5.82 Å². The zero-order chi connectivity index (χ0) is 17.3. The Morgan fingerprint density at radius 2 is 2.12 bits per heavy atom. The zero-order valence-corrected chi connectivity index (χ0v) is 15.7. The van der Waals surface area contributed by atoms with Gasteiger partial charge in [0.25, 0.3) is 0 Å². The minimum atomic E-state index is -0.0696. The molecule has 1 atom stereocenters. The van der Waals surface area contributed by atoms with E-state index in [9.17, 15) is 0 Å². The van der Waals surface area contributed by atoms with Crippen molar-refractivity contribution >= 4 is 44.9 Å². The summed E-state index contributed by atoms with van der Waals surface area (Å²) in [5.41, 5.74) is 10.7. The van der Waals surface area contributed by atoms with Crippen molar-refractivity contribution < 1.29 is 0 Å². The Balaban J connectivity index is 1.82. The highest BCUT2D eigenvalue weighted by atomic mass is 32.1. The molecule has 3 heterocycles. The van der Waals surface area contributed by atoms with E-state index in [4.69, 9.17) is 5.73 Å². The molecule has 0 spiro atoms. The van der Waals surface area contributed by atoms with Crippen LogP contribution >= 0.6 is 22.7 Å². The molecule has 0 amide bonds. The highest BCUT2D eigenvalue weighted by Crippen LogP contribution is 2.35. The van der Waals surface area contributed by atoms with E-state index in [2.05, 4.69) is 52.3 Å². The number of hydrogen-bond donors (Lipinski definition) is 2. The molecule has 3 N–H and O–H groups in total. The van der Waals surface area contributed by atoms with Crippen molar-refractivity contribution in [1.29, 1.82) is 0 Å². The Morgan fingerprint density at radius 3 is 2.79 bits per heavy atom. The predicted octanol–water partition coefficient (Wildman–Crippen LogP) is 3.91. The fourth-order valence-electron chi connectivity index (χ4n) is 2.02. The molecule has 3 aromatic rings. The lowest BCUT2D eigenvalue weighted by Crippen LogP contribution is -2.07. The molecule has 1 unspecified atom stereocenters. The average molecular weight is 361 g/mol. The van der Waals surface area contributed by atoms with Crippen LogP contribution in [0.15, 0.2) is 22.9 Å². The summed E-state index contributed by atoms with van der Waals surface area (Å²) in [6.45, 7) is 8.48. The second-order valence-corrected chi connectivity index (χ2v) is 8.51. The molecular weight excluding hydrogens is 340 g/mol. The van der Waals surface area contributed by atoms with Gasteiger partial charge < -0.3 is 5.73 Å². The van der Waals surface area contributed by atoms with Gasteiger partial charge in [0.1, 0.15) is 11.3 Å². The first kappa shape index (κ1) is 16.9. The molecule has 0 radical (unpaired) electrons. The van der Waals surface area contributed by atoms with E-state index in [1.807, 2.05) is 12.3 Å². The number of nitrogens with two attached hydrogens (primary N) is 1. The quantitative estimate of drug-likeness (QED) is 0.544. The highest BCUT2D eigenvalue weighted by molar-refractivity contribution is 7.19. The Morgan fingerprint density at radius 1 is 1.33 bits per heavy atom. The third kappa shape index (κ3) is 3.61. The predicted molar refractivity (Wildman–Crippen MR) is 102 cm³/mol. The average Bonchev–Trinajstić information content (AvgIpc) is 3.13. The van der Waals surface area contributed by atoms with Gasteiger partial charge in [-0.15, -0.1) is 22.7 Å². The topological polar surface area (TPSA) is 89.1 Å². The molecule has 0 aliphatic heterocycles. The summed E-state index contributed by atoms with van der Waals surface area (Å²) in [6, 6.07) is 2.05. The number of anilines is 1. The van der Waals surface area contributed by atoms with E-state index in [0.29, 0.717) is 5.82 Å². The smallest absolute Gasteiger partial charge is 0.167 e. The first-order valence-electron chi connectivity index (χ1n) is 7.59. The van der Waals surface area contributed by atoms with Crippen molar-refractivity contribution in [2.75, 3.05) is 5.43 Å². The van der Waals surface area contributed by atoms with Gasteiger partial charge in [-0.05, 0) is 18.4 Å². The number of aromatic nitrogens is 3. The summed E-state index contributed by atoms with van der Waals surface area (Å²) in [5.74, 6) is 0.709. The number of thiophene rings is 1. The maximum Gasteiger partial charge on any atom is 0.167 e. The van der Waals surface area contributed by atoms with Crippen LogP contribution in [0.2, 0.25) is 0 Å². The van der Waals surface area contributed by atoms with Crippen LogP contribution in [0.4, 0.5) is 5.82 Å². The lowest BCUT2D eigenvalue weighted by atomic mass is 9.95. The van der Waals surface area contributed by atoms with E-state index < -0.39 is 0 Å². The van der Waals surface area contributed by atoms with E-state index in [-0.39, 0.29) is 11.5 Å². The fourth-order valence-corrected chi connectivity index (χ4v) is 3.91. The number of hydrogen-bond acceptors (Lipinski definition) is 8. The summed E-state index contributed by atoms with van der Waals surface area (Å²) in [5, 5.41) is 7.01. The summed E-state index contributed by atoms with van der Waals surface area (Å²) < 4.78 is 1.01. The molecule has 0 saturated heterocycles. The van der Waals surface area contributed by atoms with Crippen molar-refractivity contribution in [3.05, 3.63) is 33.4 Å². The SMILES string of the molecule is CC(N)c1csc(C=NNc2ncnc3cc(C(C)(C)C)sc23)n1. The Labute approximate surface area is 148 Å². The Hall–Kier alpha value is -1.90. The number of thiazole rings is 1. The van der Waals surface area contributed by atoms with Crippen LogP contribution in [0, 0.1) is 0 Å². The van der Waals surface area contributed by atoms with Gasteiger partial charge >= 0.3 is 0 Å². The van der Waals surface area contributed by atoms with Crippen LogP contribution in [0.5, 0.6) is 0 Å². The molecule has 0 saturated carbocycles. The number of hydrazone groups is 1. The molecule has 0 aromatic carbocycles. The molecule has 8 heteroatoms. The summed E-state index contributed by atoms with van der Waals surface area (Å²) in [4.78, 5) is 14.3. The number of nitrogens with zero attached hydrogens (tertiary/aromatic N) is 4. The molecule has 126 valence electrons. The number of nitrogens with one attached hydrogen (secondary N) is 1. The maximum absolute atomic E-state index is 5.81. The summed E-state index contributed by atoms with van der Waals surface area (Å²) in [6.07, 6.45) is 3.24. The van der Waals surface area contributed by atoms with Crippen molar-refractivity contribution in [3.8, 4) is 0 Å². The molecule has 6 nitrogen and oxygen atoms in total.